The maximum Gasteiger partial charge on any atom is 0.0714 e. The summed E-state index contributed by atoms with van der Waals surface area (Å²) in [6.45, 7) is 4.75. The Labute approximate surface area is 335 Å². The van der Waals surface area contributed by atoms with Crippen molar-refractivity contribution in [3.63, 3.8) is 0 Å². The summed E-state index contributed by atoms with van der Waals surface area (Å²) in [5.74, 6) is 0. The first-order valence-corrected chi connectivity index (χ1v) is 20.0. The lowest BCUT2D eigenvalue weighted by Crippen LogP contribution is -2.28. The lowest BCUT2D eigenvalue weighted by Gasteiger charge is -2.35. The van der Waals surface area contributed by atoms with Gasteiger partial charge in [0.1, 0.15) is 0 Å². The minimum atomic E-state index is -0.494. The Morgan fingerprint density at radius 3 is 1.61 bits per heavy atom. The number of fused-ring (bicyclic) bond motifs is 7. The second kappa shape index (κ2) is 12.8. The van der Waals surface area contributed by atoms with Gasteiger partial charge in [-0.1, -0.05) is 190 Å². The zero-order valence-corrected chi connectivity index (χ0v) is 32.2. The van der Waals surface area contributed by atoms with Gasteiger partial charge in [-0.25, -0.2) is 0 Å². The average molecular weight is 728 g/mol. The van der Waals surface area contributed by atoms with Gasteiger partial charge in [0, 0.05) is 22.5 Å². The smallest absolute Gasteiger partial charge is 0.0714 e. The second-order valence-corrected chi connectivity index (χ2v) is 16.1. The molecule has 0 bridgehead atoms. The molecule has 0 amide bonds. The standard InChI is InChI=1S/C56H41N/c1-55(2)51-29-13-11-26-48(51)50-28-16-27-46(54(50)55)40-19-15-24-43(36-40)57(44-32-31-38-17-9-10-18-39(38)35-44)45-33-34-49-47-25-12-14-30-52(47)56(53(49)37-45,41-20-5-3-6-21-41)42-22-7-4-8-23-42/h3-37H,1-2H3. The van der Waals surface area contributed by atoms with Crippen molar-refractivity contribution in [2.75, 3.05) is 4.90 Å². The molecule has 270 valence electrons. The molecule has 0 atom stereocenters. The number of anilines is 3. The number of benzene rings is 9. The molecular formula is C56H41N. The Balaban J connectivity index is 1.15. The van der Waals surface area contributed by atoms with Crippen LogP contribution in [0.2, 0.25) is 0 Å². The summed E-state index contributed by atoms with van der Waals surface area (Å²) < 4.78 is 0. The molecule has 0 saturated heterocycles. The Hall–Kier alpha value is -6.96. The van der Waals surface area contributed by atoms with Gasteiger partial charge in [0.2, 0.25) is 0 Å². The number of rotatable bonds is 6. The van der Waals surface area contributed by atoms with E-state index in [2.05, 4.69) is 231 Å². The van der Waals surface area contributed by atoms with Crippen molar-refractivity contribution >= 4 is 27.8 Å². The van der Waals surface area contributed by atoms with Crippen molar-refractivity contribution in [2.24, 2.45) is 0 Å². The maximum atomic E-state index is 2.47. The zero-order chi connectivity index (χ0) is 38.1. The fourth-order valence-corrected chi connectivity index (χ4v) is 10.2. The molecule has 0 spiro atoms. The summed E-state index contributed by atoms with van der Waals surface area (Å²) in [6.07, 6.45) is 0. The minimum Gasteiger partial charge on any atom is -0.310 e. The monoisotopic (exact) mass is 727 g/mol. The van der Waals surface area contributed by atoms with E-state index in [9.17, 15) is 0 Å². The van der Waals surface area contributed by atoms with Crippen LogP contribution in [-0.2, 0) is 10.8 Å². The van der Waals surface area contributed by atoms with Gasteiger partial charge in [-0.3, -0.25) is 0 Å². The van der Waals surface area contributed by atoms with Gasteiger partial charge in [0.05, 0.1) is 5.41 Å². The summed E-state index contributed by atoms with van der Waals surface area (Å²) in [4.78, 5) is 2.46. The Bertz CT molecular complexity index is 2950. The van der Waals surface area contributed by atoms with Crippen LogP contribution in [0, 0.1) is 0 Å². The van der Waals surface area contributed by atoms with E-state index in [-0.39, 0.29) is 5.41 Å². The van der Waals surface area contributed by atoms with Gasteiger partial charge in [0.15, 0.2) is 0 Å². The third-order valence-corrected chi connectivity index (χ3v) is 12.7. The summed E-state index contributed by atoms with van der Waals surface area (Å²) in [6, 6.07) is 78.8. The van der Waals surface area contributed by atoms with Crippen LogP contribution < -0.4 is 4.90 Å². The van der Waals surface area contributed by atoms with Crippen molar-refractivity contribution in [3.05, 3.63) is 246 Å². The molecule has 0 fully saturated rings. The van der Waals surface area contributed by atoms with Crippen molar-refractivity contribution in [1.29, 1.82) is 0 Å². The fourth-order valence-electron chi connectivity index (χ4n) is 10.2. The van der Waals surface area contributed by atoms with Crippen molar-refractivity contribution < 1.29 is 0 Å². The predicted octanol–water partition coefficient (Wildman–Crippen LogP) is 14.6. The van der Waals surface area contributed by atoms with E-state index in [1.807, 2.05) is 0 Å². The highest BCUT2D eigenvalue weighted by molar-refractivity contribution is 5.94. The fraction of sp³-hybridized carbons (Fsp3) is 0.0714. The average Bonchev–Trinajstić information content (AvgIpc) is 3.70. The SMILES string of the molecule is CC1(C)c2ccccc2-c2cccc(-c3cccc(N(c4ccc5c(c4)C(c4ccccc4)(c4ccccc4)c4ccccc4-5)c4ccc5ccccc5c4)c3)c21. The van der Waals surface area contributed by atoms with E-state index in [1.165, 1.54) is 77.5 Å². The largest absolute Gasteiger partial charge is 0.310 e. The predicted molar refractivity (Wildman–Crippen MR) is 239 cm³/mol. The second-order valence-electron chi connectivity index (χ2n) is 16.1. The molecule has 9 aromatic rings. The lowest BCUT2D eigenvalue weighted by atomic mass is 9.67. The molecule has 9 aromatic carbocycles. The first-order chi connectivity index (χ1) is 28.0. The number of hydrogen-bond acceptors (Lipinski definition) is 1. The van der Waals surface area contributed by atoms with Gasteiger partial charge >= 0.3 is 0 Å². The molecule has 2 aliphatic rings. The molecule has 11 rings (SSSR count). The molecular weight excluding hydrogens is 687 g/mol. The van der Waals surface area contributed by atoms with Crippen molar-refractivity contribution in [2.45, 2.75) is 24.7 Å². The first kappa shape index (κ1) is 33.4. The molecule has 57 heavy (non-hydrogen) atoms. The Kier molecular flexibility index (Phi) is 7.50. The van der Waals surface area contributed by atoms with E-state index >= 15 is 0 Å². The molecule has 0 N–H and O–H groups in total. The maximum absolute atomic E-state index is 2.47. The quantitative estimate of drug-likeness (QED) is 0.165. The minimum absolute atomic E-state index is 0.121. The van der Waals surface area contributed by atoms with E-state index in [0.717, 1.165) is 17.1 Å². The topological polar surface area (TPSA) is 3.24 Å². The van der Waals surface area contributed by atoms with Gasteiger partial charge in [-0.2, -0.15) is 0 Å². The summed E-state index contributed by atoms with van der Waals surface area (Å²) >= 11 is 0. The van der Waals surface area contributed by atoms with Gasteiger partial charge < -0.3 is 4.90 Å². The van der Waals surface area contributed by atoms with Gasteiger partial charge in [0.25, 0.3) is 0 Å². The molecule has 0 saturated carbocycles. The van der Waals surface area contributed by atoms with E-state index < -0.39 is 5.41 Å². The normalized spacial score (nSPS) is 14.1. The van der Waals surface area contributed by atoms with Crippen LogP contribution in [0.4, 0.5) is 17.1 Å². The van der Waals surface area contributed by atoms with Gasteiger partial charge in [-0.05, 0) is 114 Å². The molecule has 0 heterocycles. The molecule has 0 aliphatic heterocycles. The van der Waals surface area contributed by atoms with Crippen LogP contribution in [-0.4, -0.2) is 0 Å². The highest BCUT2D eigenvalue weighted by Crippen LogP contribution is 2.58. The third kappa shape index (κ3) is 4.95. The molecule has 1 heteroatoms. The lowest BCUT2D eigenvalue weighted by molar-refractivity contribution is 0.662. The number of nitrogens with zero attached hydrogens (tertiary/aromatic N) is 1. The molecule has 1 nitrogen and oxygen atoms in total. The van der Waals surface area contributed by atoms with Crippen LogP contribution in [0.25, 0.3) is 44.2 Å². The molecule has 2 aliphatic carbocycles. The summed E-state index contributed by atoms with van der Waals surface area (Å²) in [7, 11) is 0. The Morgan fingerprint density at radius 2 is 0.860 bits per heavy atom. The van der Waals surface area contributed by atoms with Crippen LogP contribution >= 0.6 is 0 Å². The molecule has 0 radical (unpaired) electrons. The van der Waals surface area contributed by atoms with Crippen LogP contribution in [0.3, 0.4) is 0 Å². The number of hydrogen-bond donors (Lipinski definition) is 0. The molecule has 0 aromatic heterocycles. The van der Waals surface area contributed by atoms with Crippen LogP contribution in [0.15, 0.2) is 212 Å². The van der Waals surface area contributed by atoms with Crippen LogP contribution in [0.5, 0.6) is 0 Å². The van der Waals surface area contributed by atoms with E-state index in [0.29, 0.717) is 0 Å². The van der Waals surface area contributed by atoms with Gasteiger partial charge in [-0.15, -0.1) is 0 Å². The van der Waals surface area contributed by atoms with Crippen LogP contribution in [0.1, 0.15) is 47.2 Å². The van der Waals surface area contributed by atoms with E-state index in [1.54, 1.807) is 0 Å². The highest BCUT2D eigenvalue weighted by atomic mass is 15.1. The summed E-state index contributed by atoms with van der Waals surface area (Å²) in [5.41, 5.74) is 18.4. The summed E-state index contributed by atoms with van der Waals surface area (Å²) in [5, 5.41) is 2.45. The third-order valence-electron chi connectivity index (χ3n) is 12.7. The first-order valence-electron chi connectivity index (χ1n) is 20.0. The zero-order valence-electron chi connectivity index (χ0n) is 32.2. The van der Waals surface area contributed by atoms with E-state index in [4.69, 9.17) is 0 Å². The molecule has 0 unspecified atom stereocenters. The van der Waals surface area contributed by atoms with Crippen molar-refractivity contribution in [1.82, 2.24) is 0 Å². The Morgan fingerprint density at radius 1 is 0.333 bits per heavy atom. The van der Waals surface area contributed by atoms with Crippen molar-refractivity contribution in [3.8, 4) is 33.4 Å². The highest BCUT2D eigenvalue weighted by Gasteiger charge is 2.46.